The van der Waals surface area contributed by atoms with Crippen LogP contribution in [-0.2, 0) is 16.0 Å². The summed E-state index contributed by atoms with van der Waals surface area (Å²) in [5, 5.41) is 10.7. The van der Waals surface area contributed by atoms with Gasteiger partial charge in [0, 0.05) is 11.3 Å². The number of esters is 1. The van der Waals surface area contributed by atoms with Gasteiger partial charge in [0.1, 0.15) is 11.6 Å². The lowest BCUT2D eigenvalue weighted by molar-refractivity contribution is -0.144. The number of hydrogen-bond acceptors (Lipinski definition) is 5. The topological polar surface area (TPSA) is 97.4 Å². The molecule has 0 fully saturated rings. The fraction of sp³-hybridized carbons (Fsp3) is 0.364. The van der Waals surface area contributed by atoms with Crippen LogP contribution in [0.2, 0.25) is 0 Å². The highest BCUT2D eigenvalue weighted by atomic mass is 35.5. The van der Waals surface area contributed by atoms with Crippen LogP contribution in [-0.4, -0.2) is 25.0 Å². The SMILES string of the molecule is CCCc1cc(OCC)cc(C(Nc2ccc(C(=N)N)cc2)C(=O)OCC)c1.Cl. The molecule has 2 aromatic carbocycles. The Labute approximate surface area is 178 Å². The highest BCUT2D eigenvalue weighted by Crippen LogP contribution is 2.27. The molecule has 0 aliphatic carbocycles. The van der Waals surface area contributed by atoms with Gasteiger partial charge >= 0.3 is 5.97 Å². The Kier molecular flexibility index (Phi) is 10.0. The molecule has 0 aliphatic heterocycles. The van der Waals surface area contributed by atoms with Gasteiger partial charge in [-0.25, -0.2) is 4.79 Å². The van der Waals surface area contributed by atoms with Crippen molar-refractivity contribution in [1.82, 2.24) is 0 Å². The summed E-state index contributed by atoms with van der Waals surface area (Å²) in [5.41, 5.74) is 8.79. The van der Waals surface area contributed by atoms with Gasteiger partial charge in [-0.1, -0.05) is 19.4 Å². The molecular formula is C22H30ClN3O3. The molecule has 7 heteroatoms. The van der Waals surface area contributed by atoms with Crippen molar-refractivity contribution < 1.29 is 14.3 Å². The van der Waals surface area contributed by atoms with Crippen LogP contribution in [0, 0.1) is 5.41 Å². The molecule has 0 aliphatic rings. The summed E-state index contributed by atoms with van der Waals surface area (Å²) in [7, 11) is 0. The molecule has 0 saturated heterocycles. The summed E-state index contributed by atoms with van der Waals surface area (Å²) in [4.78, 5) is 12.7. The van der Waals surface area contributed by atoms with Gasteiger partial charge in [-0.15, -0.1) is 12.4 Å². The predicted octanol–water partition coefficient (Wildman–Crippen LogP) is 4.46. The summed E-state index contributed by atoms with van der Waals surface area (Å²) in [5.74, 6) is 0.392. The van der Waals surface area contributed by atoms with Crippen LogP contribution in [0.15, 0.2) is 42.5 Å². The minimum atomic E-state index is -0.667. The number of ether oxygens (including phenoxy) is 2. The molecule has 0 bridgehead atoms. The van der Waals surface area contributed by atoms with E-state index in [-0.39, 0.29) is 24.2 Å². The third kappa shape index (κ3) is 6.98. The van der Waals surface area contributed by atoms with Crippen molar-refractivity contribution in [2.45, 2.75) is 39.7 Å². The summed E-state index contributed by atoms with van der Waals surface area (Å²) in [6.07, 6.45) is 1.90. The van der Waals surface area contributed by atoms with Gasteiger partial charge in [0.05, 0.1) is 13.2 Å². The third-order valence-corrected chi connectivity index (χ3v) is 4.20. The summed E-state index contributed by atoms with van der Waals surface area (Å²) in [6.45, 7) is 6.69. The number of aryl methyl sites for hydroxylation is 1. The molecule has 2 rings (SSSR count). The van der Waals surface area contributed by atoms with Gasteiger partial charge in [-0.05, 0) is 67.8 Å². The fourth-order valence-electron chi connectivity index (χ4n) is 2.95. The lowest BCUT2D eigenvalue weighted by Gasteiger charge is -2.21. The second-order valence-corrected chi connectivity index (χ2v) is 6.41. The number of carbonyl (C=O) groups excluding carboxylic acids is 1. The van der Waals surface area contributed by atoms with Crippen LogP contribution < -0.4 is 15.8 Å². The summed E-state index contributed by atoms with van der Waals surface area (Å²) >= 11 is 0. The van der Waals surface area contributed by atoms with Crippen molar-refractivity contribution >= 4 is 29.9 Å². The Morgan fingerprint density at radius 1 is 1.10 bits per heavy atom. The van der Waals surface area contributed by atoms with Crippen LogP contribution in [0.3, 0.4) is 0 Å². The molecule has 4 N–H and O–H groups in total. The van der Waals surface area contributed by atoms with E-state index >= 15 is 0 Å². The monoisotopic (exact) mass is 419 g/mol. The van der Waals surface area contributed by atoms with E-state index in [4.69, 9.17) is 20.6 Å². The highest BCUT2D eigenvalue weighted by molar-refractivity contribution is 5.95. The van der Waals surface area contributed by atoms with E-state index in [9.17, 15) is 4.79 Å². The maximum atomic E-state index is 12.7. The number of carbonyl (C=O) groups is 1. The predicted molar refractivity (Wildman–Crippen MR) is 119 cm³/mol. The molecule has 1 unspecified atom stereocenters. The minimum absolute atomic E-state index is 0. The number of anilines is 1. The zero-order chi connectivity index (χ0) is 20.5. The molecule has 29 heavy (non-hydrogen) atoms. The quantitative estimate of drug-likeness (QED) is 0.300. The van der Waals surface area contributed by atoms with E-state index in [1.165, 1.54) is 0 Å². The van der Waals surface area contributed by atoms with Crippen molar-refractivity contribution in [1.29, 1.82) is 5.41 Å². The second-order valence-electron chi connectivity index (χ2n) is 6.41. The van der Waals surface area contributed by atoms with E-state index < -0.39 is 6.04 Å². The number of halogens is 1. The van der Waals surface area contributed by atoms with Crippen molar-refractivity contribution in [2.24, 2.45) is 5.73 Å². The Balaban J connectivity index is 0.00000420. The molecule has 1 atom stereocenters. The van der Waals surface area contributed by atoms with Crippen molar-refractivity contribution in [3.8, 4) is 5.75 Å². The van der Waals surface area contributed by atoms with Crippen LogP contribution in [0.25, 0.3) is 0 Å². The number of benzene rings is 2. The van der Waals surface area contributed by atoms with Crippen LogP contribution in [0.4, 0.5) is 5.69 Å². The van der Waals surface area contributed by atoms with E-state index in [1.807, 2.05) is 25.1 Å². The number of nitrogens with two attached hydrogens (primary N) is 1. The van der Waals surface area contributed by atoms with Gasteiger partial charge < -0.3 is 20.5 Å². The molecule has 6 nitrogen and oxygen atoms in total. The Bertz CT molecular complexity index is 785. The van der Waals surface area contributed by atoms with E-state index in [0.29, 0.717) is 18.8 Å². The number of amidine groups is 1. The zero-order valence-corrected chi connectivity index (χ0v) is 18.0. The minimum Gasteiger partial charge on any atom is -0.494 e. The number of nitrogens with one attached hydrogen (secondary N) is 2. The van der Waals surface area contributed by atoms with E-state index in [2.05, 4.69) is 12.2 Å². The highest BCUT2D eigenvalue weighted by Gasteiger charge is 2.23. The third-order valence-electron chi connectivity index (χ3n) is 4.20. The first-order valence-electron chi connectivity index (χ1n) is 9.62. The van der Waals surface area contributed by atoms with Crippen molar-refractivity contribution in [3.05, 3.63) is 59.2 Å². The number of rotatable bonds is 10. The molecule has 0 amide bonds. The molecule has 2 aromatic rings. The standard InChI is InChI=1S/C22H29N3O3.ClH/c1-4-7-15-12-17(14-19(13-15)27-5-2)20(22(26)28-6-3)25-18-10-8-16(9-11-18)21(23)24;/h8-14,20,25H,4-7H2,1-3H3,(H3,23,24);1H. The normalized spacial score (nSPS) is 11.1. The Morgan fingerprint density at radius 2 is 1.79 bits per heavy atom. The molecule has 0 heterocycles. The zero-order valence-electron chi connectivity index (χ0n) is 17.2. The molecule has 158 valence electrons. The van der Waals surface area contributed by atoms with Crippen LogP contribution >= 0.6 is 12.4 Å². The summed E-state index contributed by atoms with van der Waals surface area (Å²) < 4.78 is 11.0. The fourth-order valence-corrected chi connectivity index (χ4v) is 2.95. The Morgan fingerprint density at radius 3 is 2.34 bits per heavy atom. The van der Waals surface area contributed by atoms with Crippen molar-refractivity contribution in [2.75, 3.05) is 18.5 Å². The average molecular weight is 420 g/mol. The molecule has 0 radical (unpaired) electrons. The van der Waals surface area contributed by atoms with Gasteiger partial charge in [0.15, 0.2) is 6.04 Å². The number of hydrogen-bond donors (Lipinski definition) is 3. The largest absolute Gasteiger partial charge is 0.494 e. The van der Waals surface area contributed by atoms with Gasteiger partial charge in [-0.2, -0.15) is 0 Å². The van der Waals surface area contributed by atoms with Gasteiger partial charge in [0.2, 0.25) is 0 Å². The van der Waals surface area contributed by atoms with Crippen LogP contribution in [0.5, 0.6) is 5.75 Å². The summed E-state index contributed by atoms with van der Waals surface area (Å²) in [6, 6.07) is 12.3. The molecule has 0 aromatic heterocycles. The van der Waals surface area contributed by atoms with E-state index in [1.54, 1.807) is 31.2 Å². The second kappa shape index (κ2) is 12.0. The Hall–Kier alpha value is -2.73. The lowest BCUT2D eigenvalue weighted by Crippen LogP contribution is -2.24. The first-order valence-corrected chi connectivity index (χ1v) is 9.62. The van der Waals surface area contributed by atoms with Gasteiger partial charge in [0.25, 0.3) is 0 Å². The maximum absolute atomic E-state index is 12.7. The van der Waals surface area contributed by atoms with Crippen LogP contribution in [0.1, 0.15) is 49.9 Å². The smallest absolute Gasteiger partial charge is 0.333 e. The molecule has 0 spiro atoms. The maximum Gasteiger partial charge on any atom is 0.333 e. The van der Waals surface area contributed by atoms with Gasteiger partial charge in [-0.3, -0.25) is 5.41 Å². The van der Waals surface area contributed by atoms with Crippen molar-refractivity contribution in [3.63, 3.8) is 0 Å². The van der Waals surface area contributed by atoms with E-state index in [0.717, 1.165) is 35.4 Å². The average Bonchev–Trinajstić information content (AvgIpc) is 2.67. The lowest BCUT2D eigenvalue weighted by atomic mass is 10.0. The first-order chi connectivity index (χ1) is 13.5. The number of nitrogen functional groups attached to an aromatic ring is 1. The molecule has 0 saturated carbocycles. The first kappa shape index (κ1) is 24.3. The molecular weight excluding hydrogens is 390 g/mol.